The van der Waals surface area contributed by atoms with Crippen LogP contribution < -0.4 is 24.8 Å². The zero-order valence-corrected chi connectivity index (χ0v) is 38.6. The van der Waals surface area contributed by atoms with Gasteiger partial charge in [0.2, 0.25) is 27.7 Å². The van der Waals surface area contributed by atoms with Gasteiger partial charge in [0.25, 0.3) is 5.91 Å². The molecule has 2 aromatic rings. The monoisotopic (exact) mass is 906 g/mol. The SMILES string of the molecule is C=C[C@@H]1C[C@]1(NC(=O)[C@@H]1C[C@@H]2CN1C(=O)[C@H](C(C)(C)C)NC(=O)O[C@@H]1CCC[C@H]1CCCCCc1c(nc3ccccc3c1OCCN1CCOCC1)O2)C(=O)NS(=O)(=O)C1(C)CC1. The summed E-state index contributed by atoms with van der Waals surface area (Å²) in [5, 5.41) is 6.63. The summed E-state index contributed by atoms with van der Waals surface area (Å²) in [5.41, 5.74) is -0.894. The Kier molecular flexibility index (Phi) is 13.3. The number of nitrogens with one attached hydrogen (secondary N) is 3. The number of sulfonamides is 1. The summed E-state index contributed by atoms with van der Waals surface area (Å²) in [4.78, 5) is 66.1. The van der Waals surface area contributed by atoms with E-state index in [9.17, 15) is 27.6 Å². The number of nitrogens with zero attached hydrogens (tertiary/aromatic N) is 3. The van der Waals surface area contributed by atoms with Gasteiger partial charge in [-0.3, -0.25) is 24.0 Å². The van der Waals surface area contributed by atoms with Crippen molar-refractivity contribution in [3.8, 4) is 11.6 Å². The van der Waals surface area contributed by atoms with Gasteiger partial charge in [-0.2, -0.15) is 0 Å². The van der Waals surface area contributed by atoms with E-state index in [0.717, 1.165) is 75.5 Å². The number of fused-ring (bicyclic) bond motifs is 5. The van der Waals surface area contributed by atoms with Gasteiger partial charge in [-0.15, -0.1) is 6.58 Å². The number of ether oxygens (including phenoxy) is 4. The second-order valence-electron chi connectivity index (χ2n) is 20.1. The molecule has 1 aromatic carbocycles. The van der Waals surface area contributed by atoms with Gasteiger partial charge in [0, 0.05) is 37.4 Å². The fourth-order valence-electron chi connectivity index (χ4n) is 9.91. The number of para-hydroxylation sites is 1. The lowest BCUT2D eigenvalue weighted by atomic mass is 9.85. The number of pyridine rings is 1. The number of hydrogen-bond acceptors (Lipinski definition) is 12. The van der Waals surface area contributed by atoms with Crippen molar-refractivity contribution in [2.75, 3.05) is 46.0 Å². The standard InChI is InChI=1S/C47H66N6O10S/c1-6-31-28-47(31,43(56)51-64(58,59)46(5)19-20-46)50-40(54)36-27-32-29-53(36)42(55)39(45(2,3)4)49-44(57)63-37-18-12-14-30(37)13-8-7-9-16-34-38(61-26-23-52-21-24-60-25-22-52)33-15-10-11-17-35(33)48-41(34)62-32/h6,10-11,15,17,30-32,36-37,39H,1,7-9,12-14,16,18-29H2,2-5H3,(H,49,57)(H,50,54)(H,51,56)/t30-,31-,32-,36+,37-,39-,47-/m1/s1. The Hall–Kier alpha value is -4.48. The molecule has 8 rings (SSSR count). The van der Waals surface area contributed by atoms with Crippen molar-refractivity contribution in [1.82, 2.24) is 30.1 Å². The Bertz CT molecular complexity index is 2220. The maximum atomic E-state index is 15.0. The van der Waals surface area contributed by atoms with Crippen molar-refractivity contribution in [3.63, 3.8) is 0 Å². The molecule has 2 saturated heterocycles. The van der Waals surface area contributed by atoms with Crippen LogP contribution in [0, 0.1) is 17.3 Å². The Morgan fingerprint density at radius 2 is 1.80 bits per heavy atom. The summed E-state index contributed by atoms with van der Waals surface area (Å²) in [6, 6.07) is 5.53. The number of hydrogen-bond donors (Lipinski definition) is 3. The third kappa shape index (κ3) is 9.72. The van der Waals surface area contributed by atoms with E-state index >= 15 is 0 Å². The third-order valence-corrected chi connectivity index (χ3v) is 16.6. The van der Waals surface area contributed by atoms with Crippen LogP contribution in [0.2, 0.25) is 0 Å². The van der Waals surface area contributed by atoms with Crippen LogP contribution in [0.25, 0.3) is 10.9 Å². The molecule has 5 fully saturated rings. The first-order valence-corrected chi connectivity index (χ1v) is 24.8. The summed E-state index contributed by atoms with van der Waals surface area (Å²) in [6.07, 6.45) is 7.72. The first-order chi connectivity index (χ1) is 30.5. The van der Waals surface area contributed by atoms with Crippen LogP contribution >= 0.6 is 0 Å². The molecular weight excluding hydrogens is 841 g/mol. The largest absolute Gasteiger partial charge is 0.491 e. The molecular formula is C47H66N6O10S. The minimum absolute atomic E-state index is 0.0244. The van der Waals surface area contributed by atoms with Crippen molar-refractivity contribution in [3.05, 3.63) is 42.5 Å². The number of aromatic nitrogens is 1. The van der Waals surface area contributed by atoms with E-state index in [4.69, 9.17) is 23.9 Å². The average molecular weight is 907 g/mol. The van der Waals surface area contributed by atoms with E-state index in [1.165, 1.54) is 11.0 Å². The molecule has 1 aromatic heterocycles. The second-order valence-corrected chi connectivity index (χ2v) is 22.3. The van der Waals surface area contributed by atoms with Gasteiger partial charge in [-0.05, 0) is 88.2 Å². The second kappa shape index (κ2) is 18.4. The van der Waals surface area contributed by atoms with Crippen molar-refractivity contribution < 1.29 is 46.5 Å². The number of amides is 4. The van der Waals surface area contributed by atoms with Crippen LogP contribution in [-0.4, -0.2) is 128 Å². The molecule has 3 aliphatic carbocycles. The molecule has 3 aliphatic heterocycles. The number of carbonyl (C=O) groups is 4. The summed E-state index contributed by atoms with van der Waals surface area (Å²) in [7, 11) is -4.02. The summed E-state index contributed by atoms with van der Waals surface area (Å²) in [6.45, 7) is 15.1. The normalized spacial score (nSPS) is 30.0. The van der Waals surface area contributed by atoms with E-state index in [0.29, 0.717) is 56.2 Å². The van der Waals surface area contributed by atoms with Crippen LogP contribution in [0.5, 0.6) is 11.6 Å². The molecule has 0 spiro atoms. The maximum absolute atomic E-state index is 15.0. The van der Waals surface area contributed by atoms with Crippen molar-refractivity contribution in [2.24, 2.45) is 17.3 Å². The highest BCUT2D eigenvalue weighted by atomic mass is 32.2. The molecule has 16 nitrogen and oxygen atoms in total. The molecule has 0 radical (unpaired) electrons. The van der Waals surface area contributed by atoms with Gasteiger partial charge in [-0.1, -0.05) is 51.8 Å². The number of morpholine rings is 1. The number of alkyl carbamates (subject to hydrolysis) is 1. The Balaban J connectivity index is 1.14. The molecule has 3 saturated carbocycles. The molecule has 0 unspecified atom stereocenters. The lowest BCUT2D eigenvalue weighted by Gasteiger charge is -2.35. The van der Waals surface area contributed by atoms with Crippen molar-refractivity contribution >= 4 is 44.7 Å². The summed E-state index contributed by atoms with van der Waals surface area (Å²) < 4.78 is 52.8. The summed E-state index contributed by atoms with van der Waals surface area (Å²) in [5.74, 6) is -1.27. The topological polar surface area (TPSA) is 195 Å². The van der Waals surface area contributed by atoms with Gasteiger partial charge in [0.05, 0.1) is 35.6 Å². The van der Waals surface area contributed by atoms with Crippen molar-refractivity contribution in [1.29, 1.82) is 0 Å². The first kappa shape index (κ1) is 46.1. The fraction of sp³-hybridized carbons (Fsp3) is 0.681. The van der Waals surface area contributed by atoms with Crippen LogP contribution in [0.3, 0.4) is 0 Å². The molecule has 3 N–H and O–H groups in total. The van der Waals surface area contributed by atoms with Crippen LogP contribution in [0.4, 0.5) is 4.79 Å². The zero-order chi connectivity index (χ0) is 45.4. The average Bonchev–Trinajstić information content (AvgIpc) is 4.07. The van der Waals surface area contributed by atoms with E-state index in [-0.39, 0.29) is 31.4 Å². The molecule has 17 heteroatoms. The Morgan fingerprint density at radius 1 is 1.05 bits per heavy atom. The lowest BCUT2D eigenvalue weighted by molar-refractivity contribution is -0.143. The minimum Gasteiger partial charge on any atom is -0.491 e. The smallest absolute Gasteiger partial charge is 0.408 e. The fourth-order valence-corrected chi connectivity index (χ4v) is 11.2. The van der Waals surface area contributed by atoms with Gasteiger partial charge in [0.15, 0.2) is 0 Å². The van der Waals surface area contributed by atoms with Gasteiger partial charge < -0.3 is 34.5 Å². The lowest BCUT2D eigenvalue weighted by Crippen LogP contribution is -2.60. The quantitative estimate of drug-likeness (QED) is 0.277. The maximum Gasteiger partial charge on any atom is 0.408 e. The van der Waals surface area contributed by atoms with E-state index in [2.05, 4.69) is 26.8 Å². The number of carbonyl (C=O) groups excluding carboxylic acids is 4. The highest BCUT2D eigenvalue weighted by Crippen LogP contribution is 2.47. The molecule has 7 atom stereocenters. The number of benzene rings is 1. The first-order valence-electron chi connectivity index (χ1n) is 23.3. The highest BCUT2D eigenvalue weighted by Gasteiger charge is 2.63. The molecule has 2 bridgehead atoms. The minimum atomic E-state index is -4.02. The molecule has 6 aliphatic rings. The van der Waals surface area contributed by atoms with Crippen molar-refractivity contribution in [2.45, 2.75) is 139 Å². The van der Waals surface area contributed by atoms with Crippen LogP contribution in [0.15, 0.2) is 36.9 Å². The predicted octanol–water partition coefficient (Wildman–Crippen LogP) is 4.78. The van der Waals surface area contributed by atoms with E-state index in [1.807, 2.05) is 45.0 Å². The summed E-state index contributed by atoms with van der Waals surface area (Å²) >= 11 is 0. The van der Waals surface area contributed by atoms with E-state index in [1.54, 1.807) is 6.92 Å². The zero-order valence-electron chi connectivity index (χ0n) is 37.8. The third-order valence-electron chi connectivity index (χ3n) is 14.4. The van der Waals surface area contributed by atoms with Gasteiger partial charge >= 0.3 is 6.09 Å². The Labute approximate surface area is 377 Å². The molecule has 350 valence electrons. The molecule has 64 heavy (non-hydrogen) atoms. The van der Waals surface area contributed by atoms with E-state index < -0.39 is 73.6 Å². The van der Waals surface area contributed by atoms with Gasteiger partial charge in [0.1, 0.15) is 42.2 Å². The van der Waals surface area contributed by atoms with Crippen LogP contribution in [-0.2, 0) is 40.3 Å². The molecule has 4 heterocycles. The van der Waals surface area contributed by atoms with Gasteiger partial charge in [-0.25, -0.2) is 18.2 Å². The Morgan fingerprint density at radius 3 is 2.52 bits per heavy atom. The number of rotatable bonds is 10. The highest BCUT2D eigenvalue weighted by molar-refractivity contribution is 7.91. The van der Waals surface area contributed by atoms with Crippen LogP contribution in [0.1, 0.15) is 104 Å². The molecule has 4 amide bonds. The predicted molar refractivity (Wildman–Crippen MR) is 239 cm³/mol.